The van der Waals surface area contributed by atoms with Crippen molar-refractivity contribution in [1.82, 2.24) is 20.9 Å². The first-order valence-corrected chi connectivity index (χ1v) is 12.4. The third kappa shape index (κ3) is 22.1. The topological polar surface area (TPSA) is 65.3 Å². The van der Waals surface area contributed by atoms with Crippen LogP contribution in [0.15, 0.2) is 0 Å². The number of nitrogens with two attached hydrogens (primary N) is 1. The summed E-state index contributed by atoms with van der Waals surface area (Å²) in [4.78, 5) is 2.20. The van der Waals surface area contributed by atoms with Crippen molar-refractivity contribution in [2.24, 2.45) is 5.73 Å². The zero-order chi connectivity index (χ0) is 20.5. The Morgan fingerprint density at radius 2 is 1.07 bits per heavy atom. The highest BCUT2D eigenvalue weighted by atomic mass is 15.3. The molecule has 1 rings (SSSR count). The van der Waals surface area contributed by atoms with E-state index in [1.165, 1.54) is 83.5 Å². The Balaban J connectivity index is 0.000000521. The van der Waals surface area contributed by atoms with E-state index in [1.54, 1.807) is 0 Å². The average molecular weight is 400 g/mol. The lowest BCUT2D eigenvalue weighted by atomic mass is 10.1. The molecule has 170 valence electrons. The van der Waals surface area contributed by atoms with E-state index in [0.29, 0.717) is 6.67 Å². The molecule has 5 heteroatoms. The molecule has 5 N–H and O–H groups in total. The molecule has 1 heterocycles. The van der Waals surface area contributed by atoms with E-state index in [2.05, 4.69) is 34.7 Å². The monoisotopic (exact) mass is 399 g/mol. The Labute approximate surface area is 177 Å². The van der Waals surface area contributed by atoms with E-state index in [4.69, 9.17) is 5.73 Å². The van der Waals surface area contributed by atoms with Crippen LogP contribution in [0, 0.1) is 0 Å². The van der Waals surface area contributed by atoms with Crippen LogP contribution >= 0.6 is 0 Å². The molecule has 0 aromatic carbocycles. The summed E-state index contributed by atoms with van der Waals surface area (Å²) < 4.78 is 0. The highest BCUT2D eigenvalue weighted by Crippen LogP contribution is 2.11. The first-order valence-electron chi connectivity index (χ1n) is 12.4. The predicted octanol–water partition coefficient (Wildman–Crippen LogP) is 4.04. The summed E-state index contributed by atoms with van der Waals surface area (Å²) in [5.41, 5.74) is 5.63. The third-order valence-corrected chi connectivity index (χ3v) is 5.34. The number of unbranched alkanes of at least 4 members (excludes halogenated alkanes) is 11. The highest BCUT2D eigenvalue weighted by molar-refractivity contribution is 4.60. The molecule has 1 aliphatic heterocycles. The smallest absolute Gasteiger partial charge is 0.0493 e. The Bertz CT molecular complexity index is 252. The second kappa shape index (κ2) is 24.8. The molecule has 0 unspecified atom stereocenters. The Kier molecular flexibility index (Phi) is 24.7. The fraction of sp³-hybridized carbons (Fsp3) is 1.00. The maximum Gasteiger partial charge on any atom is 0.0493 e. The molecule has 1 fully saturated rings. The summed E-state index contributed by atoms with van der Waals surface area (Å²) in [5, 5.41) is 10.1. The van der Waals surface area contributed by atoms with Crippen molar-refractivity contribution in [1.29, 1.82) is 0 Å². The molecule has 0 amide bonds. The molecule has 1 aliphatic rings. The Morgan fingerprint density at radius 3 is 1.57 bits per heavy atom. The SMILES string of the molecule is CCCCCCCCCCCCCC.NCN1CCNCCCNCCNC1. The summed E-state index contributed by atoms with van der Waals surface area (Å²) in [7, 11) is 0. The van der Waals surface area contributed by atoms with Gasteiger partial charge in [0, 0.05) is 39.5 Å². The maximum absolute atomic E-state index is 5.63. The number of nitrogens with one attached hydrogen (secondary N) is 3. The third-order valence-electron chi connectivity index (χ3n) is 5.34. The number of nitrogens with zero attached hydrogens (tertiary/aromatic N) is 1. The van der Waals surface area contributed by atoms with Crippen LogP contribution in [-0.4, -0.2) is 57.5 Å². The van der Waals surface area contributed by atoms with Gasteiger partial charge in [0.2, 0.25) is 0 Å². The lowest BCUT2D eigenvalue weighted by Crippen LogP contribution is -2.44. The molecule has 1 saturated heterocycles. The van der Waals surface area contributed by atoms with Gasteiger partial charge in [0.25, 0.3) is 0 Å². The summed E-state index contributed by atoms with van der Waals surface area (Å²) >= 11 is 0. The zero-order valence-electron chi connectivity index (χ0n) is 19.4. The second-order valence-electron chi connectivity index (χ2n) is 8.12. The minimum absolute atomic E-state index is 0.627. The summed E-state index contributed by atoms with van der Waals surface area (Å²) in [6.45, 7) is 12.4. The van der Waals surface area contributed by atoms with Crippen LogP contribution < -0.4 is 21.7 Å². The summed E-state index contributed by atoms with van der Waals surface area (Å²) in [5.74, 6) is 0. The van der Waals surface area contributed by atoms with Crippen LogP contribution in [-0.2, 0) is 0 Å². The van der Waals surface area contributed by atoms with Gasteiger partial charge in [-0.25, -0.2) is 0 Å². The van der Waals surface area contributed by atoms with Crippen LogP contribution in [0.4, 0.5) is 0 Å². The van der Waals surface area contributed by atoms with Crippen molar-refractivity contribution in [2.45, 2.75) is 97.3 Å². The van der Waals surface area contributed by atoms with E-state index >= 15 is 0 Å². The molecule has 0 atom stereocenters. The summed E-state index contributed by atoms with van der Waals surface area (Å²) in [6.07, 6.45) is 18.6. The molecular weight excluding hydrogens is 346 g/mol. The predicted molar refractivity (Wildman–Crippen MR) is 126 cm³/mol. The fourth-order valence-electron chi connectivity index (χ4n) is 3.39. The van der Waals surface area contributed by atoms with Gasteiger partial charge in [0.05, 0.1) is 0 Å². The van der Waals surface area contributed by atoms with Crippen LogP contribution in [0.25, 0.3) is 0 Å². The largest absolute Gasteiger partial charge is 0.318 e. The number of hydrogen-bond donors (Lipinski definition) is 4. The van der Waals surface area contributed by atoms with Gasteiger partial charge in [-0.05, 0) is 19.5 Å². The van der Waals surface area contributed by atoms with Gasteiger partial charge < -0.3 is 21.7 Å². The average Bonchev–Trinajstić information content (AvgIpc) is 2.70. The van der Waals surface area contributed by atoms with E-state index in [0.717, 1.165) is 45.9 Å². The maximum atomic E-state index is 5.63. The quantitative estimate of drug-likeness (QED) is 0.373. The van der Waals surface area contributed by atoms with Gasteiger partial charge in [-0.1, -0.05) is 90.9 Å². The van der Waals surface area contributed by atoms with Gasteiger partial charge in [0.15, 0.2) is 0 Å². The van der Waals surface area contributed by atoms with Gasteiger partial charge in [-0.2, -0.15) is 0 Å². The molecular formula is C23H53N5. The second-order valence-corrected chi connectivity index (χ2v) is 8.12. The fourth-order valence-corrected chi connectivity index (χ4v) is 3.39. The van der Waals surface area contributed by atoms with Crippen molar-refractivity contribution in [3.05, 3.63) is 0 Å². The van der Waals surface area contributed by atoms with Crippen LogP contribution in [0.5, 0.6) is 0 Å². The molecule has 0 spiro atoms. The number of rotatable bonds is 12. The van der Waals surface area contributed by atoms with Crippen molar-refractivity contribution in [3.8, 4) is 0 Å². The van der Waals surface area contributed by atoms with Crippen LogP contribution in [0.3, 0.4) is 0 Å². The molecule has 0 aromatic rings. The Morgan fingerprint density at radius 1 is 0.607 bits per heavy atom. The minimum atomic E-state index is 0.627. The van der Waals surface area contributed by atoms with Gasteiger partial charge in [-0.3, -0.25) is 4.90 Å². The molecule has 0 saturated carbocycles. The standard InChI is InChI=1S/C14H30.C9H23N5/c1-3-5-7-9-11-13-14-12-10-8-6-4-2;10-8-14-7-6-12-3-1-2-11-4-5-13-9-14/h3-14H2,1-2H3;11-13H,1-10H2. The minimum Gasteiger partial charge on any atom is -0.318 e. The van der Waals surface area contributed by atoms with E-state index < -0.39 is 0 Å². The van der Waals surface area contributed by atoms with Crippen LogP contribution in [0.2, 0.25) is 0 Å². The van der Waals surface area contributed by atoms with Crippen LogP contribution in [0.1, 0.15) is 97.3 Å². The molecule has 5 nitrogen and oxygen atoms in total. The normalized spacial score (nSPS) is 17.2. The van der Waals surface area contributed by atoms with Crippen molar-refractivity contribution in [2.75, 3.05) is 52.6 Å². The molecule has 0 aromatic heterocycles. The Hall–Kier alpha value is -0.200. The molecule has 28 heavy (non-hydrogen) atoms. The number of hydrogen-bond acceptors (Lipinski definition) is 5. The van der Waals surface area contributed by atoms with E-state index in [1.807, 2.05) is 0 Å². The lowest BCUT2D eigenvalue weighted by molar-refractivity contribution is 0.257. The summed E-state index contributed by atoms with van der Waals surface area (Å²) in [6, 6.07) is 0. The van der Waals surface area contributed by atoms with Gasteiger partial charge in [0.1, 0.15) is 0 Å². The van der Waals surface area contributed by atoms with Crippen molar-refractivity contribution < 1.29 is 0 Å². The van der Waals surface area contributed by atoms with E-state index in [9.17, 15) is 0 Å². The first kappa shape index (κ1) is 27.8. The zero-order valence-corrected chi connectivity index (χ0v) is 19.4. The van der Waals surface area contributed by atoms with Crippen molar-refractivity contribution in [3.63, 3.8) is 0 Å². The lowest BCUT2D eigenvalue weighted by Gasteiger charge is -2.21. The van der Waals surface area contributed by atoms with E-state index in [-0.39, 0.29) is 0 Å². The first-order chi connectivity index (χ1) is 13.8. The molecule has 0 aliphatic carbocycles. The van der Waals surface area contributed by atoms with Gasteiger partial charge in [-0.15, -0.1) is 0 Å². The molecule has 0 bridgehead atoms. The molecule has 0 radical (unpaired) electrons. The highest BCUT2D eigenvalue weighted by Gasteiger charge is 2.01. The van der Waals surface area contributed by atoms with Gasteiger partial charge >= 0.3 is 0 Å². The van der Waals surface area contributed by atoms with Crippen molar-refractivity contribution >= 4 is 0 Å².